The summed E-state index contributed by atoms with van der Waals surface area (Å²) < 4.78 is 0. The molecule has 0 bridgehead atoms. The van der Waals surface area contributed by atoms with Gasteiger partial charge in [-0.1, -0.05) is 0 Å². The highest BCUT2D eigenvalue weighted by Crippen LogP contribution is 2.07. The van der Waals surface area contributed by atoms with Gasteiger partial charge in [-0.3, -0.25) is 9.80 Å². The van der Waals surface area contributed by atoms with Crippen LogP contribution in [0.2, 0.25) is 0 Å². The lowest BCUT2D eigenvalue weighted by atomic mass is 10.3. The van der Waals surface area contributed by atoms with Gasteiger partial charge in [0, 0.05) is 44.5 Å². The zero-order valence-corrected chi connectivity index (χ0v) is 10.8. The van der Waals surface area contributed by atoms with Crippen molar-refractivity contribution in [3.05, 3.63) is 17.6 Å². The third-order valence-corrected chi connectivity index (χ3v) is 3.17. The van der Waals surface area contributed by atoms with Crippen LogP contribution in [0.5, 0.6) is 0 Å². The number of β-amino-alcohol motifs (C(OH)–C–C–N with tert-alkyl or cyclic N) is 1. The summed E-state index contributed by atoms with van der Waals surface area (Å²) in [7, 11) is 0. The van der Waals surface area contributed by atoms with E-state index < -0.39 is 0 Å². The van der Waals surface area contributed by atoms with E-state index in [2.05, 4.69) is 19.8 Å². The van der Waals surface area contributed by atoms with Crippen molar-refractivity contribution in [2.75, 3.05) is 45.1 Å². The van der Waals surface area contributed by atoms with Crippen molar-refractivity contribution in [3.63, 3.8) is 0 Å². The molecule has 2 heterocycles. The molecular weight excluding hydrogens is 230 g/mol. The lowest BCUT2D eigenvalue weighted by Crippen LogP contribution is -2.46. The van der Waals surface area contributed by atoms with Gasteiger partial charge in [0.15, 0.2) is 0 Å². The van der Waals surface area contributed by atoms with Crippen LogP contribution in [-0.2, 0) is 6.54 Å². The lowest BCUT2D eigenvalue weighted by Gasteiger charge is -2.33. The number of nitrogens with two attached hydrogens (primary N) is 1. The van der Waals surface area contributed by atoms with E-state index in [1.54, 1.807) is 6.07 Å². The molecule has 18 heavy (non-hydrogen) atoms. The van der Waals surface area contributed by atoms with E-state index in [-0.39, 0.29) is 6.61 Å². The lowest BCUT2D eigenvalue weighted by molar-refractivity contribution is 0.107. The first-order valence-electron chi connectivity index (χ1n) is 6.33. The van der Waals surface area contributed by atoms with Crippen molar-refractivity contribution in [1.29, 1.82) is 0 Å². The predicted octanol–water partition coefficient (Wildman–Crippen LogP) is -0.523. The molecule has 0 aliphatic carbocycles. The zero-order valence-electron chi connectivity index (χ0n) is 10.8. The van der Waals surface area contributed by atoms with Crippen LogP contribution in [0.25, 0.3) is 0 Å². The minimum absolute atomic E-state index is 0.234. The van der Waals surface area contributed by atoms with Crippen LogP contribution >= 0.6 is 0 Å². The van der Waals surface area contributed by atoms with E-state index >= 15 is 0 Å². The first-order chi connectivity index (χ1) is 8.67. The Kier molecular flexibility index (Phi) is 4.46. The highest BCUT2D eigenvalue weighted by Gasteiger charge is 2.17. The van der Waals surface area contributed by atoms with Gasteiger partial charge in [0.05, 0.1) is 13.2 Å². The van der Waals surface area contributed by atoms with Gasteiger partial charge in [0.25, 0.3) is 0 Å². The Morgan fingerprint density at radius 2 is 1.89 bits per heavy atom. The second-order valence-electron chi connectivity index (χ2n) is 4.69. The highest BCUT2D eigenvalue weighted by atomic mass is 16.3. The zero-order chi connectivity index (χ0) is 13.0. The fraction of sp³-hybridized carbons (Fsp3) is 0.667. The average molecular weight is 251 g/mol. The summed E-state index contributed by atoms with van der Waals surface area (Å²) in [6, 6.07) is 1.78. The van der Waals surface area contributed by atoms with E-state index in [0.717, 1.165) is 50.8 Å². The Bertz CT molecular complexity index is 370. The van der Waals surface area contributed by atoms with Gasteiger partial charge in [-0.25, -0.2) is 9.97 Å². The number of aliphatic hydroxyl groups excluding tert-OH is 1. The molecule has 1 aliphatic heterocycles. The van der Waals surface area contributed by atoms with Gasteiger partial charge in [-0.05, 0) is 6.92 Å². The van der Waals surface area contributed by atoms with Gasteiger partial charge >= 0.3 is 0 Å². The Balaban J connectivity index is 1.87. The molecule has 0 unspecified atom stereocenters. The van der Waals surface area contributed by atoms with Crippen LogP contribution in [0.15, 0.2) is 6.07 Å². The maximum atomic E-state index is 8.89. The number of aliphatic hydroxyl groups is 1. The largest absolute Gasteiger partial charge is 0.395 e. The number of aryl methyl sites for hydroxylation is 1. The molecule has 0 saturated carbocycles. The number of nitrogens with zero attached hydrogens (tertiary/aromatic N) is 4. The normalized spacial score (nSPS) is 18.1. The summed E-state index contributed by atoms with van der Waals surface area (Å²) in [5.74, 6) is 1.33. The number of nitrogen functional groups attached to an aromatic ring is 1. The summed E-state index contributed by atoms with van der Waals surface area (Å²) >= 11 is 0. The topological polar surface area (TPSA) is 78.5 Å². The molecule has 3 N–H and O–H groups in total. The third kappa shape index (κ3) is 3.63. The number of piperazine rings is 1. The van der Waals surface area contributed by atoms with E-state index in [1.165, 1.54) is 0 Å². The van der Waals surface area contributed by atoms with Gasteiger partial charge in [-0.15, -0.1) is 0 Å². The van der Waals surface area contributed by atoms with Crippen LogP contribution in [-0.4, -0.2) is 64.2 Å². The number of hydrogen-bond acceptors (Lipinski definition) is 6. The second-order valence-corrected chi connectivity index (χ2v) is 4.69. The smallest absolute Gasteiger partial charge is 0.144 e. The molecule has 1 aromatic heterocycles. The molecule has 0 atom stereocenters. The molecule has 2 rings (SSSR count). The molecule has 1 saturated heterocycles. The molecule has 0 spiro atoms. The number of rotatable bonds is 4. The monoisotopic (exact) mass is 251 g/mol. The maximum absolute atomic E-state index is 8.89. The Morgan fingerprint density at radius 1 is 1.22 bits per heavy atom. The number of aromatic nitrogens is 2. The predicted molar refractivity (Wildman–Crippen MR) is 70.0 cm³/mol. The summed E-state index contributed by atoms with van der Waals surface area (Å²) in [5.41, 5.74) is 6.63. The molecule has 1 aliphatic rings. The molecule has 0 amide bonds. The van der Waals surface area contributed by atoms with Gasteiger partial charge in [0.1, 0.15) is 11.6 Å². The molecule has 100 valence electrons. The summed E-state index contributed by atoms with van der Waals surface area (Å²) in [6.07, 6.45) is 0. The van der Waals surface area contributed by atoms with Crippen molar-refractivity contribution < 1.29 is 5.11 Å². The van der Waals surface area contributed by atoms with Crippen molar-refractivity contribution >= 4 is 5.82 Å². The molecule has 1 aromatic rings. The molecule has 0 aromatic carbocycles. The van der Waals surface area contributed by atoms with E-state index in [9.17, 15) is 0 Å². The van der Waals surface area contributed by atoms with Crippen LogP contribution in [0, 0.1) is 6.92 Å². The third-order valence-electron chi connectivity index (χ3n) is 3.17. The standard InChI is InChI=1S/C12H21N5O/c1-10-8-11(13)15-12(14-10)9-17-4-2-16(3-5-17)6-7-18/h8,18H,2-7,9H2,1H3,(H2,13,14,15). The van der Waals surface area contributed by atoms with Crippen LogP contribution in [0.4, 0.5) is 5.82 Å². The molecule has 6 nitrogen and oxygen atoms in total. The quantitative estimate of drug-likeness (QED) is 0.749. The van der Waals surface area contributed by atoms with Crippen molar-refractivity contribution in [2.24, 2.45) is 0 Å². The first kappa shape index (κ1) is 13.2. The Hall–Kier alpha value is -1.24. The van der Waals surface area contributed by atoms with Gasteiger partial charge < -0.3 is 10.8 Å². The molecule has 6 heteroatoms. The van der Waals surface area contributed by atoms with Crippen LogP contribution in [0.3, 0.4) is 0 Å². The van der Waals surface area contributed by atoms with E-state index in [4.69, 9.17) is 10.8 Å². The van der Waals surface area contributed by atoms with Crippen molar-refractivity contribution in [1.82, 2.24) is 19.8 Å². The molecule has 0 radical (unpaired) electrons. The first-order valence-corrected chi connectivity index (χ1v) is 6.33. The number of hydrogen-bond donors (Lipinski definition) is 2. The maximum Gasteiger partial charge on any atom is 0.144 e. The van der Waals surface area contributed by atoms with Crippen LogP contribution in [0.1, 0.15) is 11.5 Å². The SMILES string of the molecule is Cc1cc(N)nc(CN2CCN(CCO)CC2)n1. The summed E-state index contributed by atoms with van der Waals surface area (Å²) in [4.78, 5) is 13.2. The van der Waals surface area contributed by atoms with Gasteiger partial charge in [-0.2, -0.15) is 0 Å². The Morgan fingerprint density at radius 3 is 2.50 bits per heavy atom. The molecule has 1 fully saturated rings. The van der Waals surface area contributed by atoms with E-state index in [0.29, 0.717) is 5.82 Å². The Labute approximate surface area is 107 Å². The van der Waals surface area contributed by atoms with E-state index in [1.807, 2.05) is 6.92 Å². The van der Waals surface area contributed by atoms with Gasteiger partial charge in [0.2, 0.25) is 0 Å². The fourth-order valence-electron chi connectivity index (χ4n) is 2.24. The average Bonchev–Trinajstić information content (AvgIpc) is 2.31. The van der Waals surface area contributed by atoms with Crippen molar-refractivity contribution in [2.45, 2.75) is 13.5 Å². The number of anilines is 1. The summed E-state index contributed by atoms with van der Waals surface area (Å²) in [5, 5.41) is 8.89. The fourth-order valence-corrected chi connectivity index (χ4v) is 2.24. The highest BCUT2D eigenvalue weighted by molar-refractivity contribution is 5.29. The minimum Gasteiger partial charge on any atom is -0.395 e. The second kappa shape index (κ2) is 6.08. The molecular formula is C12H21N5O. The summed E-state index contributed by atoms with van der Waals surface area (Å²) in [6.45, 7) is 7.62. The minimum atomic E-state index is 0.234. The van der Waals surface area contributed by atoms with Crippen LogP contribution < -0.4 is 5.73 Å². The van der Waals surface area contributed by atoms with Crippen molar-refractivity contribution in [3.8, 4) is 0 Å².